The molecule has 0 unspecified atom stereocenters. The van der Waals surface area contributed by atoms with Crippen molar-refractivity contribution in [1.82, 2.24) is 0 Å². The van der Waals surface area contributed by atoms with E-state index in [4.69, 9.17) is 14.2 Å². The van der Waals surface area contributed by atoms with Crippen LogP contribution >= 0.6 is 0 Å². The third-order valence-electron chi connectivity index (χ3n) is 1.33. The Balaban J connectivity index is 3.01. The SMILES string of the molecule is CCOC(=O)COCCOCCOC. The molecule has 0 saturated heterocycles. The average Bonchev–Trinajstić information content (AvgIpc) is 2.17. The number of hydrogen-bond acceptors (Lipinski definition) is 5. The molecule has 0 radical (unpaired) electrons. The molecule has 0 amide bonds. The van der Waals surface area contributed by atoms with Gasteiger partial charge in [0, 0.05) is 7.11 Å². The zero-order valence-electron chi connectivity index (χ0n) is 8.78. The molecule has 0 spiro atoms. The molecule has 14 heavy (non-hydrogen) atoms. The zero-order chi connectivity index (χ0) is 10.6. The molecule has 84 valence electrons. The first-order valence-corrected chi connectivity index (χ1v) is 4.61. The fourth-order valence-corrected chi connectivity index (χ4v) is 0.720. The van der Waals surface area contributed by atoms with Gasteiger partial charge in [0.25, 0.3) is 0 Å². The lowest BCUT2D eigenvalue weighted by atomic mass is 10.7. The van der Waals surface area contributed by atoms with Crippen LogP contribution in [-0.2, 0) is 23.7 Å². The molecule has 5 nitrogen and oxygen atoms in total. The first kappa shape index (κ1) is 13.4. The van der Waals surface area contributed by atoms with E-state index in [2.05, 4.69) is 4.74 Å². The van der Waals surface area contributed by atoms with Crippen LogP contribution in [0.25, 0.3) is 0 Å². The molecule has 0 aromatic carbocycles. The van der Waals surface area contributed by atoms with Crippen LogP contribution in [0.15, 0.2) is 0 Å². The molecule has 0 saturated carbocycles. The lowest BCUT2D eigenvalue weighted by molar-refractivity contribution is -0.148. The summed E-state index contributed by atoms with van der Waals surface area (Å²) in [4.78, 5) is 10.8. The smallest absolute Gasteiger partial charge is 0.332 e. The normalized spacial score (nSPS) is 10.1. The van der Waals surface area contributed by atoms with Crippen molar-refractivity contribution in [3.05, 3.63) is 0 Å². The summed E-state index contributed by atoms with van der Waals surface area (Å²) in [5, 5.41) is 0. The van der Waals surface area contributed by atoms with E-state index in [0.717, 1.165) is 0 Å². The average molecular weight is 206 g/mol. The van der Waals surface area contributed by atoms with E-state index in [-0.39, 0.29) is 12.6 Å². The van der Waals surface area contributed by atoms with Crippen molar-refractivity contribution < 1.29 is 23.7 Å². The maximum Gasteiger partial charge on any atom is 0.332 e. The standard InChI is InChI=1S/C9H18O5/c1-3-14-9(10)8-13-7-6-12-5-4-11-2/h3-8H2,1-2H3. The summed E-state index contributed by atoms with van der Waals surface area (Å²) < 4.78 is 19.5. The Hall–Kier alpha value is -0.650. The van der Waals surface area contributed by atoms with Crippen LogP contribution in [0, 0.1) is 0 Å². The lowest BCUT2D eigenvalue weighted by Crippen LogP contribution is -2.15. The highest BCUT2D eigenvalue weighted by Crippen LogP contribution is 1.83. The number of hydrogen-bond donors (Lipinski definition) is 0. The van der Waals surface area contributed by atoms with Crippen LogP contribution < -0.4 is 0 Å². The largest absolute Gasteiger partial charge is 0.464 e. The third-order valence-corrected chi connectivity index (χ3v) is 1.33. The molecular formula is C9H18O5. The van der Waals surface area contributed by atoms with Crippen LogP contribution in [0.1, 0.15) is 6.92 Å². The maximum absolute atomic E-state index is 10.8. The van der Waals surface area contributed by atoms with Gasteiger partial charge in [-0.25, -0.2) is 4.79 Å². The topological polar surface area (TPSA) is 54.0 Å². The number of methoxy groups -OCH3 is 1. The number of ether oxygens (including phenoxy) is 4. The Labute approximate surface area is 84.3 Å². The van der Waals surface area contributed by atoms with Crippen molar-refractivity contribution in [1.29, 1.82) is 0 Å². The van der Waals surface area contributed by atoms with Gasteiger partial charge >= 0.3 is 5.97 Å². The van der Waals surface area contributed by atoms with Gasteiger partial charge in [-0.3, -0.25) is 0 Å². The highest BCUT2D eigenvalue weighted by atomic mass is 16.6. The van der Waals surface area contributed by atoms with Gasteiger partial charge in [-0.2, -0.15) is 0 Å². The molecular weight excluding hydrogens is 188 g/mol. The summed E-state index contributed by atoms with van der Waals surface area (Å²) in [6.45, 7) is 4.09. The molecule has 0 N–H and O–H groups in total. The van der Waals surface area contributed by atoms with Gasteiger partial charge in [0.15, 0.2) is 0 Å². The van der Waals surface area contributed by atoms with E-state index >= 15 is 0 Å². The second-order valence-electron chi connectivity index (χ2n) is 2.46. The molecule has 0 aliphatic carbocycles. The van der Waals surface area contributed by atoms with Gasteiger partial charge in [-0.15, -0.1) is 0 Å². The summed E-state index contributed by atoms with van der Waals surface area (Å²) in [6.07, 6.45) is 0. The van der Waals surface area contributed by atoms with Crippen molar-refractivity contribution in [3.8, 4) is 0 Å². The summed E-state index contributed by atoms with van der Waals surface area (Å²) in [7, 11) is 1.61. The van der Waals surface area contributed by atoms with Crippen molar-refractivity contribution in [3.63, 3.8) is 0 Å². The fraction of sp³-hybridized carbons (Fsp3) is 0.889. The van der Waals surface area contributed by atoms with Gasteiger partial charge < -0.3 is 18.9 Å². The van der Waals surface area contributed by atoms with Crippen LogP contribution in [0.5, 0.6) is 0 Å². The van der Waals surface area contributed by atoms with Crippen molar-refractivity contribution in [2.24, 2.45) is 0 Å². The Kier molecular flexibility index (Phi) is 9.95. The Morgan fingerprint density at radius 3 is 2.36 bits per heavy atom. The van der Waals surface area contributed by atoms with Crippen molar-refractivity contribution in [2.75, 3.05) is 46.8 Å². The molecule has 0 aliphatic rings. The monoisotopic (exact) mass is 206 g/mol. The minimum absolute atomic E-state index is 0.0124. The molecule has 0 rings (SSSR count). The van der Waals surface area contributed by atoms with Crippen molar-refractivity contribution in [2.45, 2.75) is 6.92 Å². The molecule has 0 atom stereocenters. The number of esters is 1. The van der Waals surface area contributed by atoms with Gasteiger partial charge in [-0.1, -0.05) is 0 Å². The summed E-state index contributed by atoms with van der Waals surface area (Å²) in [5.41, 5.74) is 0. The van der Waals surface area contributed by atoms with E-state index in [1.807, 2.05) is 0 Å². The highest BCUT2D eigenvalue weighted by molar-refractivity contribution is 5.70. The number of carbonyl (C=O) groups excluding carboxylic acids is 1. The van der Waals surface area contributed by atoms with Crippen LogP contribution in [0.2, 0.25) is 0 Å². The summed E-state index contributed by atoms with van der Waals surface area (Å²) >= 11 is 0. The van der Waals surface area contributed by atoms with E-state index in [1.165, 1.54) is 0 Å². The predicted molar refractivity (Wildman–Crippen MR) is 50.1 cm³/mol. The minimum Gasteiger partial charge on any atom is -0.464 e. The molecule has 0 fully saturated rings. The van der Waals surface area contributed by atoms with Gasteiger partial charge in [0.05, 0.1) is 33.0 Å². The first-order valence-electron chi connectivity index (χ1n) is 4.61. The lowest BCUT2D eigenvalue weighted by Gasteiger charge is -2.04. The fourth-order valence-electron chi connectivity index (χ4n) is 0.720. The quantitative estimate of drug-likeness (QED) is 0.399. The van der Waals surface area contributed by atoms with Crippen LogP contribution in [0.4, 0.5) is 0 Å². The second kappa shape index (κ2) is 10.4. The van der Waals surface area contributed by atoms with E-state index < -0.39 is 0 Å². The molecule has 0 aromatic rings. The molecule has 0 aliphatic heterocycles. The minimum atomic E-state index is -0.343. The number of rotatable bonds is 9. The van der Waals surface area contributed by atoms with E-state index in [9.17, 15) is 4.79 Å². The molecule has 0 aromatic heterocycles. The van der Waals surface area contributed by atoms with Crippen molar-refractivity contribution >= 4 is 5.97 Å². The van der Waals surface area contributed by atoms with Gasteiger partial charge in [0.1, 0.15) is 6.61 Å². The van der Waals surface area contributed by atoms with E-state index in [0.29, 0.717) is 33.0 Å². The van der Waals surface area contributed by atoms with E-state index in [1.54, 1.807) is 14.0 Å². The van der Waals surface area contributed by atoms with Gasteiger partial charge in [0.2, 0.25) is 0 Å². The summed E-state index contributed by atoms with van der Waals surface area (Å²) in [6, 6.07) is 0. The van der Waals surface area contributed by atoms with Gasteiger partial charge in [-0.05, 0) is 6.92 Å². The van der Waals surface area contributed by atoms with Crippen LogP contribution in [0.3, 0.4) is 0 Å². The maximum atomic E-state index is 10.8. The zero-order valence-corrected chi connectivity index (χ0v) is 8.78. The predicted octanol–water partition coefficient (Wildman–Crippen LogP) is 0.229. The Morgan fingerprint density at radius 2 is 1.71 bits per heavy atom. The first-order chi connectivity index (χ1) is 6.81. The Morgan fingerprint density at radius 1 is 1.07 bits per heavy atom. The molecule has 5 heteroatoms. The number of carbonyl (C=O) groups is 1. The second-order valence-corrected chi connectivity index (χ2v) is 2.46. The molecule has 0 bridgehead atoms. The molecule has 0 heterocycles. The van der Waals surface area contributed by atoms with Crippen LogP contribution in [-0.4, -0.2) is 52.7 Å². The highest BCUT2D eigenvalue weighted by Gasteiger charge is 2.00. The summed E-state index contributed by atoms with van der Waals surface area (Å²) in [5.74, 6) is -0.343. The Bertz CT molecular complexity index is 137. The third kappa shape index (κ3) is 9.44.